The predicted molar refractivity (Wildman–Crippen MR) is 125 cm³/mol. The van der Waals surface area contributed by atoms with Gasteiger partial charge in [-0.05, 0) is 72.3 Å². The Labute approximate surface area is 192 Å². The van der Waals surface area contributed by atoms with E-state index in [1.54, 1.807) is 6.07 Å². The minimum absolute atomic E-state index is 0.0844. The molecule has 3 rings (SSSR count). The average Bonchev–Trinajstić information content (AvgIpc) is 3.10. The summed E-state index contributed by atoms with van der Waals surface area (Å²) in [6.45, 7) is 4.90. The SMILES string of the molecule is CCn1c(COc2ccccc2Cl)nnc1SCC(=O)Nc1ccc(I)cc1C. The molecule has 152 valence electrons. The Hall–Kier alpha value is -1.78. The summed E-state index contributed by atoms with van der Waals surface area (Å²) in [4.78, 5) is 12.3. The second-order valence-corrected chi connectivity index (χ2v) is 8.75. The monoisotopic (exact) mass is 542 g/mol. The lowest BCUT2D eigenvalue weighted by Crippen LogP contribution is -2.15. The zero-order valence-corrected chi connectivity index (χ0v) is 19.7. The van der Waals surface area contributed by atoms with Gasteiger partial charge >= 0.3 is 0 Å². The number of carbonyl (C=O) groups is 1. The van der Waals surface area contributed by atoms with E-state index < -0.39 is 0 Å². The molecule has 1 heterocycles. The molecule has 0 aliphatic heterocycles. The largest absolute Gasteiger partial charge is 0.484 e. The van der Waals surface area contributed by atoms with Gasteiger partial charge in [0, 0.05) is 15.8 Å². The number of aryl methyl sites for hydroxylation is 1. The van der Waals surface area contributed by atoms with E-state index in [9.17, 15) is 4.79 Å². The van der Waals surface area contributed by atoms with Crippen LogP contribution in [0.1, 0.15) is 18.3 Å². The minimum atomic E-state index is -0.0844. The topological polar surface area (TPSA) is 69.0 Å². The third kappa shape index (κ3) is 5.86. The van der Waals surface area contributed by atoms with Crippen LogP contribution in [0.25, 0.3) is 0 Å². The number of anilines is 1. The first-order valence-electron chi connectivity index (χ1n) is 8.96. The summed E-state index contributed by atoms with van der Waals surface area (Å²) in [5.41, 5.74) is 1.85. The number of ether oxygens (including phenoxy) is 1. The molecule has 0 saturated heterocycles. The van der Waals surface area contributed by atoms with Crippen molar-refractivity contribution in [2.45, 2.75) is 32.2 Å². The molecule has 1 N–H and O–H groups in total. The van der Waals surface area contributed by atoms with Crippen molar-refractivity contribution in [3.63, 3.8) is 0 Å². The lowest BCUT2D eigenvalue weighted by molar-refractivity contribution is -0.113. The second kappa shape index (κ2) is 10.3. The minimum Gasteiger partial charge on any atom is -0.484 e. The number of carbonyl (C=O) groups excluding carboxylic acids is 1. The number of para-hydroxylation sites is 1. The van der Waals surface area contributed by atoms with Crippen LogP contribution in [-0.4, -0.2) is 26.4 Å². The molecule has 29 heavy (non-hydrogen) atoms. The molecule has 0 bridgehead atoms. The van der Waals surface area contributed by atoms with Crippen LogP contribution in [0.5, 0.6) is 5.75 Å². The molecule has 3 aromatic rings. The molecule has 1 aromatic heterocycles. The molecule has 0 saturated carbocycles. The van der Waals surface area contributed by atoms with Gasteiger partial charge in [0.15, 0.2) is 11.0 Å². The number of thioether (sulfide) groups is 1. The maximum absolute atomic E-state index is 12.3. The fourth-order valence-corrected chi connectivity index (χ4v) is 4.30. The fraction of sp³-hybridized carbons (Fsp3) is 0.250. The highest BCUT2D eigenvalue weighted by Gasteiger charge is 2.14. The Bertz CT molecular complexity index is 1010. The van der Waals surface area contributed by atoms with E-state index >= 15 is 0 Å². The molecule has 0 radical (unpaired) electrons. The molecule has 9 heteroatoms. The smallest absolute Gasteiger partial charge is 0.234 e. The van der Waals surface area contributed by atoms with Gasteiger partial charge in [-0.1, -0.05) is 35.5 Å². The molecule has 0 fully saturated rings. The summed E-state index contributed by atoms with van der Waals surface area (Å²) < 4.78 is 8.83. The van der Waals surface area contributed by atoms with Crippen molar-refractivity contribution in [2.24, 2.45) is 0 Å². The standard InChI is InChI=1S/C20H20ClIN4O2S/c1-3-26-18(11-28-17-7-5-4-6-15(17)21)24-25-20(26)29-12-19(27)23-16-9-8-14(22)10-13(16)2/h4-10H,3,11-12H2,1-2H3,(H,23,27). The third-order valence-electron chi connectivity index (χ3n) is 4.10. The summed E-state index contributed by atoms with van der Waals surface area (Å²) in [6.07, 6.45) is 0. The van der Waals surface area contributed by atoms with E-state index in [2.05, 4.69) is 38.1 Å². The first-order valence-corrected chi connectivity index (χ1v) is 11.4. The first kappa shape index (κ1) is 21.9. The number of halogens is 2. The van der Waals surface area contributed by atoms with Gasteiger partial charge in [-0.3, -0.25) is 4.79 Å². The van der Waals surface area contributed by atoms with Crippen molar-refractivity contribution in [3.05, 3.63) is 62.4 Å². The summed E-state index contributed by atoms with van der Waals surface area (Å²) in [6, 6.07) is 13.2. The van der Waals surface area contributed by atoms with Crippen LogP contribution < -0.4 is 10.1 Å². The van der Waals surface area contributed by atoms with Crippen LogP contribution in [0.2, 0.25) is 5.02 Å². The van der Waals surface area contributed by atoms with Crippen LogP contribution in [0.4, 0.5) is 5.69 Å². The molecular weight excluding hydrogens is 523 g/mol. The van der Waals surface area contributed by atoms with Gasteiger partial charge in [0.05, 0.1) is 10.8 Å². The molecule has 2 aromatic carbocycles. The van der Waals surface area contributed by atoms with Crippen LogP contribution in [0, 0.1) is 10.5 Å². The van der Waals surface area contributed by atoms with E-state index in [1.165, 1.54) is 11.8 Å². The summed E-state index contributed by atoms with van der Waals surface area (Å²) in [5.74, 6) is 1.44. The Morgan fingerprint density at radius 3 is 2.79 bits per heavy atom. The molecule has 0 spiro atoms. The van der Waals surface area contributed by atoms with Gasteiger partial charge in [0.2, 0.25) is 5.91 Å². The summed E-state index contributed by atoms with van der Waals surface area (Å²) in [7, 11) is 0. The molecular formula is C20H20ClIN4O2S. The Kier molecular flexibility index (Phi) is 7.79. The number of hydrogen-bond acceptors (Lipinski definition) is 5. The molecule has 0 aliphatic carbocycles. The molecule has 0 aliphatic rings. The number of rotatable bonds is 8. The lowest BCUT2D eigenvalue weighted by atomic mass is 10.2. The number of hydrogen-bond donors (Lipinski definition) is 1. The highest BCUT2D eigenvalue weighted by atomic mass is 127. The average molecular weight is 543 g/mol. The van der Waals surface area contributed by atoms with Crippen molar-refractivity contribution in [1.29, 1.82) is 0 Å². The molecule has 0 atom stereocenters. The van der Waals surface area contributed by atoms with Gasteiger partial charge in [-0.15, -0.1) is 10.2 Å². The Morgan fingerprint density at radius 1 is 1.28 bits per heavy atom. The normalized spacial score (nSPS) is 10.8. The molecule has 1 amide bonds. The van der Waals surface area contributed by atoms with E-state index in [-0.39, 0.29) is 18.3 Å². The quantitative estimate of drug-likeness (QED) is 0.314. The van der Waals surface area contributed by atoms with Gasteiger partial charge in [0.25, 0.3) is 0 Å². The van der Waals surface area contributed by atoms with Crippen LogP contribution in [0.15, 0.2) is 47.6 Å². The van der Waals surface area contributed by atoms with Crippen molar-refractivity contribution < 1.29 is 9.53 Å². The van der Waals surface area contributed by atoms with Gasteiger partial charge < -0.3 is 14.6 Å². The fourth-order valence-electron chi connectivity index (χ4n) is 2.64. The molecule has 6 nitrogen and oxygen atoms in total. The van der Waals surface area contributed by atoms with Crippen molar-refractivity contribution in [3.8, 4) is 5.75 Å². The van der Waals surface area contributed by atoms with Gasteiger partial charge in [-0.2, -0.15) is 0 Å². The van der Waals surface area contributed by atoms with Gasteiger partial charge in [0.1, 0.15) is 12.4 Å². The van der Waals surface area contributed by atoms with Gasteiger partial charge in [-0.25, -0.2) is 0 Å². The number of nitrogens with one attached hydrogen (secondary N) is 1. The Balaban J connectivity index is 1.59. The number of amides is 1. The van der Waals surface area contributed by atoms with Crippen LogP contribution in [0.3, 0.4) is 0 Å². The maximum Gasteiger partial charge on any atom is 0.234 e. The zero-order chi connectivity index (χ0) is 20.8. The molecule has 0 unspecified atom stereocenters. The number of aromatic nitrogens is 3. The summed E-state index contributed by atoms with van der Waals surface area (Å²) in [5, 5.41) is 12.6. The predicted octanol–water partition coefficient (Wildman–Crippen LogP) is 5.17. The van der Waals surface area contributed by atoms with Crippen molar-refractivity contribution >= 4 is 57.5 Å². The van der Waals surface area contributed by atoms with Crippen LogP contribution in [-0.2, 0) is 17.9 Å². The highest BCUT2D eigenvalue weighted by Crippen LogP contribution is 2.25. The number of benzene rings is 2. The lowest BCUT2D eigenvalue weighted by Gasteiger charge is -2.10. The van der Waals surface area contributed by atoms with Crippen molar-refractivity contribution in [2.75, 3.05) is 11.1 Å². The Morgan fingerprint density at radius 2 is 2.07 bits per heavy atom. The van der Waals surface area contributed by atoms with E-state index in [1.807, 2.05) is 54.8 Å². The first-order chi connectivity index (χ1) is 14.0. The van der Waals surface area contributed by atoms with Crippen molar-refractivity contribution in [1.82, 2.24) is 14.8 Å². The zero-order valence-electron chi connectivity index (χ0n) is 16.0. The van der Waals surface area contributed by atoms with Crippen LogP contribution >= 0.6 is 46.0 Å². The third-order valence-corrected chi connectivity index (χ3v) is 6.05. The highest BCUT2D eigenvalue weighted by molar-refractivity contribution is 14.1. The van der Waals surface area contributed by atoms with E-state index in [0.717, 1.165) is 14.8 Å². The van der Waals surface area contributed by atoms with E-state index in [0.29, 0.717) is 28.3 Å². The van der Waals surface area contributed by atoms with E-state index in [4.69, 9.17) is 16.3 Å². The summed E-state index contributed by atoms with van der Waals surface area (Å²) >= 11 is 9.72. The maximum atomic E-state index is 12.3. The number of nitrogens with zero attached hydrogens (tertiary/aromatic N) is 3. The second-order valence-electron chi connectivity index (χ2n) is 6.16.